The van der Waals surface area contributed by atoms with Gasteiger partial charge < -0.3 is 14.2 Å². The highest BCUT2D eigenvalue weighted by Gasteiger charge is 2.34. The van der Waals surface area contributed by atoms with Gasteiger partial charge >= 0.3 is 0 Å². The zero-order valence-corrected chi connectivity index (χ0v) is 11.9. The predicted molar refractivity (Wildman–Crippen MR) is 72.2 cm³/mol. The first kappa shape index (κ1) is 13.9. The predicted octanol–water partition coefficient (Wildman–Crippen LogP) is 2.63. The van der Waals surface area contributed by atoms with Crippen molar-refractivity contribution in [1.82, 2.24) is 0 Å². The second-order valence-electron chi connectivity index (χ2n) is 5.33. The van der Waals surface area contributed by atoms with Gasteiger partial charge in [0.25, 0.3) is 0 Å². The van der Waals surface area contributed by atoms with Gasteiger partial charge in [-0.15, -0.1) is 0 Å². The SMILES string of the molecule is COCCc1c(OC)ccc2c1OC(C)(C)CC2=O. The van der Waals surface area contributed by atoms with E-state index in [4.69, 9.17) is 14.2 Å². The summed E-state index contributed by atoms with van der Waals surface area (Å²) in [7, 11) is 3.27. The molecule has 2 rings (SSSR count). The first-order valence-corrected chi connectivity index (χ1v) is 6.39. The Kier molecular flexibility index (Phi) is 3.80. The molecule has 0 radical (unpaired) electrons. The average Bonchev–Trinajstić information content (AvgIpc) is 2.34. The molecule has 0 amide bonds. The number of hydrogen-bond acceptors (Lipinski definition) is 4. The quantitative estimate of drug-likeness (QED) is 0.838. The lowest BCUT2D eigenvalue weighted by atomic mass is 9.90. The summed E-state index contributed by atoms with van der Waals surface area (Å²) in [5.74, 6) is 1.51. The van der Waals surface area contributed by atoms with Crippen molar-refractivity contribution in [2.24, 2.45) is 0 Å². The molecule has 1 aromatic rings. The highest BCUT2D eigenvalue weighted by Crippen LogP contribution is 2.40. The Morgan fingerprint density at radius 3 is 2.68 bits per heavy atom. The summed E-state index contributed by atoms with van der Waals surface area (Å²) >= 11 is 0. The Morgan fingerprint density at radius 1 is 1.32 bits per heavy atom. The maximum Gasteiger partial charge on any atom is 0.170 e. The third-order valence-electron chi connectivity index (χ3n) is 3.26. The zero-order valence-electron chi connectivity index (χ0n) is 11.9. The third-order valence-corrected chi connectivity index (χ3v) is 3.26. The van der Waals surface area contributed by atoms with Crippen LogP contribution in [0.2, 0.25) is 0 Å². The second-order valence-corrected chi connectivity index (χ2v) is 5.33. The fourth-order valence-electron chi connectivity index (χ4n) is 2.37. The Hall–Kier alpha value is -1.55. The number of methoxy groups -OCH3 is 2. The first-order valence-electron chi connectivity index (χ1n) is 6.39. The molecule has 104 valence electrons. The van der Waals surface area contributed by atoms with Crippen molar-refractivity contribution in [2.75, 3.05) is 20.8 Å². The number of ketones is 1. The van der Waals surface area contributed by atoms with Crippen LogP contribution in [0.15, 0.2) is 12.1 Å². The molecule has 0 atom stereocenters. The molecule has 1 heterocycles. The molecule has 0 spiro atoms. The number of Topliss-reactive ketones (excluding diaryl/α,β-unsaturated/α-hetero) is 1. The van der Waals surface area contributed by atoms with Crippen molar-refractivity contribution in [2.45, 2.75) is 32.3 Å². The monoisotopic (exact) mass is 264 g/mol. The minimum atomic E-state index is -0.474. The molecule has 0 saturated carbocycles. The van der Waals surface area contributed by atoms with E-state index >= 15 is 0 Å². The smallest absolute Gasteiger partial charge is 0.170 e. The maximum atomic E-state index is 12.2. The Morgan fingerprint density at radius 2 is 2.05 bits per heavy atom. The van der Waals surface area contributed by atoms with Crippen LogP contribution in [0.1, 0.15) is 36.2 Å². The van der Waals surface area contributed by atoms with E-state index in [0.717, 1.165) is 11.3 Å². The molecule has 0 unspecified atom stereocenters. The zero-order chi connectivity index (χ0) is 14.0. The molecule has 1 aliphatic rings. The summed E-state index contributed by atoms with van der Waals surface area (Å²) in [5, 5.41) is 0. The largest absolute Gasteiger partial charge is 0.496 e. The first-order chi connectivity index (χ1) is 8.98. The van der Waals surface area contributed by atoms with Gasteiger partial charge in [-0.05, 0) is 26.0 Å². The molecule has 4 heteroatoms. The average molecular weight is 264 g/mol. The summed E-state index contributed by atoms with van der Waals surface area (Å²) in [4.78, 5) is 12.2. The van der Waals surface area contributed by atoms with Crippen LogP contribution in [0, 0.1) is 0 Å². The van der Waals surface area contributed by atoms with E-state index in [1.165, 1.54) is 0 Å². The molecular weight excluding hydrogens is 244 g/mol. The number of hydrogen-bond donors (Lipinski definition) is 0. The van der Waals surface area contributed by atoms with E-state index < -0.39 is 5.60 Å². The van der Waals surface area contributed by atoms with Crippen LogP contribution in [0.25, 0.3) is 0 Å². The van der Waals surface area contributed by atoms with Crippen LogP contribution in [-0.2, 0) is 11.2 Å². The summed E-state index contributed by atoms with van der Waals surface area (Å²) in [6, 6.07) is 3.60. The van der Waals surface area contributed by atoms with E-state index in [0.29, 0.717) is 30.8 Å². The van der Waals surface area contributed by atoms with Crippen molar-refractivity contribution in [3.8, 4) is 11.5 Å². The summed E-state index contributed by atoms with van der Waals surface area (Å²) < 4.78 is 16.5. The van der Waals surface area contributed by atoms with Crippen LogP contribution in [0.3, 0.4) is 0 Å². The van der Waals surface area contributed by atoms with Gasteiger partial charge in [0.15, 0.2) is 5.78 Å². The fourth-order valence-corrected chi connectivity index (χ4v) is 2.37. The van der Waals surface area contributed by atoms with E-state index in [9.17, 15) is 4.79 Å². The van der Waals surface area contributed by atoms with E-state index in [1.807, 2.05) is 19.9 Å². The Balaban J connectivity index is 2.51. The van der Waals surface area contributed by atoms with Crippen molar-refractivity contribution >= 4 is 5.78 Å². The summed E-state index contributed by atoms with van der Waals surface area (Å²) in [5.41, 5.74) is 1.08. The van der Waals surface area contributed by atoms with Crippen molar-refractivity contribution < 1.29 is 19.0 Å². The summed E-state index contributed by atoms with van der Waals surface area (Å²) in [6.45, 7) is 4.41. The normalized spacial score (nSPS) is 16.7. The van der Waals surface area contributed by atoms with E-state index in [-0.39, 0.29) is 5.78 Å². The molecule has 0 aromatic heterocycles. The minimum absolute atomic E-state index is 0.118. The van der Waals surface area contributed by atoms with Gasteiger partial charge in [0, 0.05) is 19.1 Å². The molecule has 0 fully saturated rings. The van der Waals surface area contributed by atoms with E-state index in [2.05, 4.69) is 0 Å². The van der Waals surface area contributed by atoms with Gasteiger partial charge in [-0.1, -0.05) is 0 Å². The second kappa shape index (κ2) is 5.21. The Labute approximate surface area is 113 Å². The molecule has 0 N–H and O–H groups in total. The van der Waals surface area contributed by atoms with Crippen molar-refractivity contribution in [1.29, 1.82) is 0 Å². The lowest BCUT2D eigenvalue weighted by Gasteiger charge is -2.33. The fraction of sp³-hybridized carbons (Fsp3) is 0.533. The molecule has 0 saturated heterocycles. The molecule has 1 aromatic carbocycles. The van der Waals surface area contributed by atoms with Crippen LogP contribution in [0.4, 0.5) is 0 Å². The Bertz CT molecular complexity index is 491. The van der Waals surface area contributed by atoms with Crippen LogP contribution in [0.5, 0.6) is 11.5 Å². The molecular formula is C15H20O4. The number of carbonyl (C=O) groups is 1. The molecule has 1 aliphatic heterocycles. The van der Waals surface area contributed by atoms with Gasteiger partial charge in [-0.3, -0.25) is 4.79 Å². The van der Waals surface area contributed by atoms with Crippen LogP contribution >= 0.6 is 0 Å². The highest BCUT2D eigenvalue weighted by molar-refractivity contribution is 6.01. The number of rotatable bonds is 4. The number of fused-ring (bicyclic) bond motifs is 1. The van der Waals surface area contributed by atoms with Crippen LogP contribution in [-0.4, -0.2) is 32.2 Å². The lowest BCUT2D eigenvalue weighted by Crippen LogP contribution is -2.36. The van der Waals surface area contributed by atoms with Crippen molar-refractivity contribution in [3.05, 3.63) is 23.3 Å². The number of ether oxygens (including phenoxy) is 3. The molecule has 0 aliphatic carbocycles. The lowest BCUT2D eigenvalue weighted by molar-refractivity contribution is 0.0609. The van der Waals surface area contributed by atoms with Gasteiger partial charge in [0.1, 0.15) is 17.1 Å². The van der Waals surface area contributed by atoms with Gasteiger partial charge in [-0.2, -0.15) is 0 Å². The topological polar surface area (TPSA) is 44.8 Å². The minimum Gasteiger partial charge on any atom is -0.496 e. The molecule has 0 bridgehead atoms. The third kappa shape index (κ3) is 2.73. The number of benzene rings is 1. The molecule has 4 nitrogen and oxygen atoms in total. The standard InChI is InChI=1S/C15H20O4/c1-15(2)9-12(16)10-5-6-13(18-4)11(7-8-17-3)14(10)19-15/h5-6H,7-9H2,1-4H3. The van der Waals surface area contributed by atoms with Gasteiger partial charge in [0.2, 0.25) is 0 Å². The highest BCUT2D eigenvalue weighted by atomic mass is 16.5. The van der Waals surface area contributed by atoms with E-state index in [1.54, 1.807) is 20.3 Å². The molecule has 19 heavy (non-hydrogen) atoms. The van der Waals surface area contributed by atoms with Crippen LogP contribution < -0.4 is 9.47 Å². The summed E-state index contributed by atoms with van der Waals surface area (Å²) in [6.07, 6.45) is 1.06. The van der Waals surface area contributed by atoms with Gasteiger partial charge in [-0.25, -0.2) is 0 Å². The number of carbonyl (C=O) groups excluding carboxylic acids is 1. The maximum absolute atomic E-state index is 12.2. The van der Waals surface area contributed by atoms with Crippen molar-refractivity contribution in [3.63, 3.8) is 0 Å². The van der Waals surface area contributed by atoms with Gasteiger partial charge in [0.05, 0.1) is 25.7 Å².